The zero-order valence-corrected chi connectivity index (χ0v) is 8.90. The molecule has 0 atom stereocenters. The first-order valence-corrected chi connectivity index (χ1v) is 4.93. The number of rotatable bonds is 0. The zero-order valence-electron chi connectivity index (χ0n) is 7.32. The Balaban J connectivity index is 2.55. The van der Waals surface area contributed by atoms with Crippen molar-refractivity contribution < 1.29 is 0 Å². The van der Waals surface area contributed by atoms with Gasteiger partial charge in [0.1, 0.15) is 0 Å². The molecule has 1 aliphatic heterocycles. The van der Waals surface area contributed by atoms with Crippen molar-refractivity contribution in [1.82, 2.24) is 5.32 Å². The number of halogens is 1. The van der Waals surface area contributed by atoms with Gasteiger partial charge >= 0.3 is 0 Å². The van der Waals surface area contributed by atoms with E-state index in [1.807, 2.05) is 0 Å². The van der Waals surface area contributed by atoms with Gasteiger partial charge < -0.3 is 5.32 Å². The van der Waals surface area contributed by atoms with Crippen molar-refractivity contribution in [1.29, 1.82) is 0 Å². The van der Waals surface area contributed by atoms with Gasteiger partial charge in [-0.25, -0.2) is 0 Å². The summed E-state index contributed by atoms with van der Waals surface area (Å²) in [6.07, 6.45) is 0. The molecule has 0 amide bonds. The predicted molar refractivity (Wildman–Crippen MR) is 54.0 cm³/mol. The van der Waals surface area contributed by atoms with Crippen molar-refractivity contribution in [3.63, 3.8) is 0 Å². The Morgan fingerprint density at radius 3 is 2.92 bits per heavy atom. The number of hydrogen-bond acceptors (Lipinski definition) is 1. The second-order valence-electron chi connectivity index (χ2n) is 3.78. The van der Waals surface area contributed by atoms with Gasteiger partial charge in [-0.1, -0.05) is 22.0 Å². The molecule has 0 saturated heterocycles. The minimum Gasteiger partial charge on any atom is -0.304 e. The minimum absolute atomic E-state index is 0.149. The molecule has 1 nitrogen and oxygen atoms in total. The third-order valence-electron chi connectivity index (χ3n) is 2.46. The van der Waals surface area contributed by atoms with E-state index in [9.17, 15) is 0 Å². The van der Waals surface area contributed by atoms with Gasteiger partial charge in [0.25, 0.3) is 0 Å². The lowest BCUT2D eigenvalue weighted by Gasteiger charge is -2.19. The fourth-order valence-electron chi connectivity index (χ4n) is 1.73. The summed E-state index contributed by atoms with van der Waals surface area (Å²) in [5.41, 5.74) is 2.98. The van der Waals surface area contributed by atoms with E-state index in [-0.39, 0.29) is 5.54 Å². The van der Waals surface area contributed by atoms with Crippen LogP contribution in [0.5, 0.6) is 0 Å². The van der Waals surface area contributed by atoms with Crippen LogP contribution in [0.15, 0.2) is 22.7 Å². The summed E-state index contributed by atoms with van der Waals surface area (Å²) < 4.78 is 1.17. The number of nitrogens with one attached hydrogen (secondary N) is 1. The molecular formula is C10H12BrN. The first-order chi connectivity index (χ1) is 5.59. The number of hydrogen-bond donors (Lipinski definition) is 1. The van der Waals surface area contributed by atoms with Gasteiger partial charge in [-0.2, -0.15) is 0 Å². The molecule has 1 aromatic carbocycles. The van der Waals surface area contributed by atoms with Crippen molar-refractivity contribution in [3.8, 4) is 0 Å². The molecule has 0 radical (unpaired) electrons. The van der Waals surface area contributed by atoms with Gasteiger partial charge in [-0.15, -0.1) is 0 Å². The highest BCUT2D eigenvalue weighted by Gasteiger charge is 2.28. The van der Waals surface area contributed by atoms with Crippen LogP contribution in [-0.2, 0) is 12.1 Å². The van der Waals surface area contributed by atoms with Gasteiger partial charge in [0.15, 0.2) is 0 Å². The molecule has 2 rings (SSSR count). The Bertz CT molecular complexity index is 318. The third-order valence-corrected chi connectivity index (χ3v) is 2.95. The average molecular weight is 226 g/mol. The largest absolute Gasteiger partial charge is 0.304 e. The number of benzene rings is 1. The molecule has 0 saturated carbocycles. The van der Waals surface area contributed by atoms with Crippen molar-refractivity contribution in [2.75, 3.05) is 0 Å². The molecule has 0 aliphatic carbocycles. The first-order valence-electron chi connectivity index (χ1n) is 4.13. The molecule has 1 aromatic rings. The lowest BCUT2D eigenvalue weighted by molar-refractivity contribution is 0.442. The molecule has 0 bridgehead atoms. The van der Waals surface area contributed by atoms with Crippen LogP contribution in [0.25, 0.3) is 0 Å². The predicted octanol–water partition coefficient (Wildman–Crippen LogP) is 2.79. The first kappa shape index (κ1) is 8.27. The van der Waals surface area contributed by atoms with Crippen LogP contribution in [0.4, 0.5) is 0 Å². The standard InChI is InChI=1S/C10H12BrN/c1-10(2)9-4-3-8(11)5-7(9)6-12-10/h3-5,12H,6H2,1-2H3. The van der Waals surface area contributed by atoms with Crippen LogP contribution in [0.1, 0.15) is 25.0 Å². The molecule has 0 unspecified atom stereocenters. The van der Waals surface area contributed by atoms with E-state index in [1.165, 1.54) is 15.6 Å². The molecule has 1 N–H and O–H groups in total. The van der Waals surface area contributed by atoms with Gasteiger partial charge in [0.2, 0.25) is 0 Å². The van der Waals surface area contributed by atoms with Crippen molar-refractivity contribution >= 4 is 15.9 Å². The Kier molecular flexibility index (Phi) is 1.77. The van der Waals surface area contributed by atoms with E-state index in [0.717, 1.165) is 6.54 Å². The Hall–Kier alpha value is -0.340. The van der Waals surface area contributed by atoms with E-state index < -0.39 is 0 Å². The van der Waals surface area contributed by atoms with Crippen molar-refractivity contribution in [2.45, 2.75) is 25.9 Å². The smallest absolute Gasteiger partial charge is 0.0383 e. The fraction of sp³-hybridized carbons (Fsp3) is 0.400. The van der Waals surface area contributed by atoms with Crippen LogP contribution in [0.3, 0.4) is 0 Å². The molecule has 64 valence electrons. The maximum Gasteiger partial charge on any atom is 0.0383 e. The quantitative estimate of drug-likeness (QED) is 0.717. The van der Waals surface area contributed by atoms with Gasteiger partial charge in [0, 0.05) is 16.6 Å². The van der Waals surface area contributed by atoms with Crippen LogP contribution < -0.4 is 5.32 Å². The van der Waals surface area contributed by atoms with E-state index in [1.54, 1.807) is 0 Å². The summed E-state index contributed by atoms with van der Waals surface area (Å²) in [7, 11) is 0. The van der Waals surface area contributed by atoms with E-state index in [0.29, 0.717) is 0 Å². The van der Waals surface area contributed by atoms with Crippen LogP contribution in [0, 0.1) is 0 Å². The zero-order chi connectivity index (χ0) is 8.77. The lowest BCUT2D eigenvalue weighted by Crippen LogP contribution is -2.28. The second kappa shape index (κ2) is 2.57. The summed E-state index contributed by atoms with van der Waals surface area (Å²) in [6.45, 7) is 5.42. The Morgan fingerprint density at radius 2 is 2.17 bits per heavy atom. The summed E-state index contributed by atoms with van der Waals surface area (Å²) in [5.74, 6) is 0. The van der Waals surface area contributed by atoms with E-state index >= 15 is 0 Å². The van der Waals surface area contributed by atoms with Gasteiger partial charge in [-0.3, -0.25) is 0 Å². The SMILES string of the molecule is CC1(C)NCc2cc(Br)ccc21. The molecule has 2 heteroatoms. The van der Waals surface area contributed by atoms with E-state index in [2.05, 4.69) is 53.3 Å². The molecule has 12 heavy (non-hydrogen) atoms. The maximum absolute atomic E-state index is 3.47. The molecule has 1 aliphatic rings. The Labute approximate surface area is 81.3 Å². The highest BCUT2D eigenvalue weighted by molar-refractivity contribution is 9.10. The topological polar surface area (TPSA) is 12.0 Å². The van der Waals surface area contributed by atoms with Gasteiger partial charge in [-0.05, 0) is 37.1 Å². The highest BCUT2D eigenvalue weighted by atomic mass is 79.9. The molecule has 0 fully saturated rings. The van der Waals surface area contributed by atoms with Crippen molar-refractivity contribution in [2.24, 2.45) is 0 Å². The molecular weight excluding hydrogens is 214 g/mol. The van der Waals surface area contributed by atoms with Crippen LogP contribution in [0.2, 0.25) is 0 Å². The lowest BCUT2D eigenvalue weighted by atomic mass is 9.95. The summed E-state index contributed by atoms with van der Waals surface area (Å²) in [4.78, 5) is 0. The Morgan fingerprint density at radius 1 is 1.42 bits per heavy atom. The highest BCUT2D eigenvalue weighted by Crippen LogP contribution is 2.31. The van der Waals surface area contributed by atoms with Crippen molar-refractivity contribution in [3.05, 3.63) is 33.8 Å². The molecule has 0 spiro atoms. The minimum atomic E-state index is 0.149. The maximum atomic E-state index is 3.47. The normalized spacial score (nSPS) is 19.2. The van der Waals surface area contributed by atoms with Crippen LogP contribution in [-0.4, -0.2) is 0 Å². The summed E-state index contributed by atoms with van der Waals surface area (Å²) in [6, 6.07) is 6.49. The average Bonchev–Trinajstić information content (AvgIpc) is 2.27. The molecule has 0 aromatic heterocycles. The number of fused-ring (bicyclic) bond motifs is 1. The monoisotopic (exact) mass is 225 g/mol. The van der Waals surface area contributed by atoms with E-state index in [4.69, 9.17) is 0 Å². The fourth-order valence-corrected chi connectivity index (χ4v) is 2.14. The molecule has 1 heterocycles. The van der Waals surface area contributed by atoms with Crippen LogP contribution >= 0.6 is 15.9 Å². The third kappa shape index (κ3) is 1.19. The second-order valence-corrected chi connectivity index (χ2v) is 4.70. The summed E-state index contributed by atoms with van der Waals surface area (Å²) >= 11 is 3.47. The van der Waals surface area contributed by atoms with Gasteiger partial charge in [0.05, 0.1) is 0 Å². The summed E-state index contributed by atoms with van der Waals surface area (Å²) in [5, 5.41) is 3.47.